The van der Waals surface area contributed by atoms with Gasteiger partial charge in [-0.05, 0) is 68.6 Å². The lowest BCUT2D eigenvalue weighted by Crippen LogP contribution is -2.40. The fourth-order valence-corrected chi connectivity index (χ4v) is 4.44. The third kappa shape index (κ3) is 4.05. The summed E-state index contributed by atoms with van der Waals surface area (Å²) in [6.07, 6.45) is 2.17. The predicted octanol–water partition coefficient (Wildman–Crippen LogP) is 3.80. The molecule has 0 bridgehead atoms. The first kappa shape index (κ1) is 18.0. The SMILES string of the molecule is CNCC1CCN(C(=O)c2cc(-c3ccc(OC)cc3)c(C)s2)CC1. The molecule has 1 fully saturated rings. The van der Waals surface area contributed by atoms with Crippen LogP contribution in [0.15, 0.2) is 30.3 Å². The van der Waals surface area contributed by atoms with Crippen molar-refractivity contribution in [2.24, 2.45) is 5.92 Å². The summed E-state index contributed by atoms with van der Waals surface area (Å²) >= 11 is 1.60. The highest BCUT2D eigenvalue weighted by Crippen LogP contribution is 2.33. The van der Waals surface area contributed by atoms with Crippen molar-refractivity contribution in [3.8, 4) is 16.9 Å². The number of carbonyl (C=O) groups is 1. The van der Waals surface area contributed by atoms with Crippen LogP contribution >= 0.6 is 11.3 Å². The van der Waals surface area contributed by atoms with E-state index in [1.165, 1.54) is 4.88 Å². The molecule has 1 aromatic heterocycles. The average molecular weight is 359 g/mol. The van der Waals surface area contributed by atoms with E-state index in [0.717, 1.165) is 54.2 Å². The molecule has 1 aromatic carbocycles. The van der Waals surface area contributed by atoms with Gasteiger partial charge in [-0.2, -0.15) is 0 Å². The van der Waals surface area contributed by atoms with E-state index in [4.69, 9.17) is 4.74 Å². The Morgan fingerprint density at radius 1 is 1.28 bits per heavy atom. The molecule has 0 aliphatic carbocycles. The fraction of sp³-hybridized carbons (Fsp3) is 0.450. The van der Waals surface area contributed by atoms with E-state index in [2.05, 4.69) is 12.2 Å². The normalized spacial score (nSPS) is 15.4. The molecule has 1 saturated heterocycles. The number of nitrogens with zero attached hydrogens (tertiary/aromatic N) is 1. The van der Waals surface area contributed by atoms with Crippen LogP contribution in [0.1, 0.15) is 27.4 Å². The quantitative estimate of drug-likeness (QED) is 0.884. The van der Waals surface area contributed by atoms with Crippen LogP contribution in [0.5, 0.6) is 5.75 Å². The maximum Gasteiger partial charge on any atom is 0.263 e. The molecule has 2 aromatic rings. The highest BCUT2D eigenvalue weighted by atomic mass is 32.1. The molecule has 1 aliphatic rings. The zero-order valence-corrected chi connectivity index (χ0v) is 16.0. The Kier molecular flexibility index (Phi) is 5.76. The summed E-state index contributed by atoms with van der Waals surface area (Å²) in [4.78, 5) is 16.9. The Morgan fingerprint density at radius 2 is 1.96 bits per heavy atom. The van der Waals surface area contributed by atoms with Crippen molar-refractivity contribution in [1.29, 1.82) is 0 Å². The van der Waals surface area contributed by atoms with Crippen LogP contribution in [-0.2, 0) is 0 Å². The molecule has 0 saturated carbocycles. The summed E-state index contributed by atoms with van der Waals surface area (Å²) in [5.41, 5.74) is 2.27. The monoisotopic (exact) mass is 358 g/mol. The molecule has 4 nitrogen and oxygen atoms in total. The molecule has 3 rings (SSSR count). The third-order valence-electron chi connectivity index (χ3n) is 4.92. The minimum absolute atomic E-state index is 0.177. The van der Waals surface area contributed by atoms with Crippen molar-refractivity contribution >= 4 is 17.2 Å². The number of nitrogens with one attached hydrogen (secondary N) is 1. The minimum Gasteiger partial charge on any atom is -0.497 e. The van der Waals surface area contributed by atoms with Gasteiger partial charge in [0, 0.05) is 18.0 Å². The van der Waals surface area contributed by atoms with Crippen LogP contribution in [0.4, 0.5) is 0 Å². The number of ether oxygens (including phenoxy) is 1. The number of amides is 1. The van der Waals surface area contributed by atoms with Gasteiger partial charge in [0.25, 0.3) is 5.91 Å². The Labute approximate surface area is 153 Å². The zero-order chi connectivity index (χ0) is 17.8. The fourth-order valence-electron chi connectivity index (χ4n) is 3.43. The van der Waals surface area contributed by atoms with E-state index in [1.54, 1.807) is 18.4 Å². The molecule has 1 amide bonds. The lowest BCUT2D eigenvalue weighted by molar-refractivity contribution is 0.0696. The zero-order valence-electron chi connectivity index (χ0n) is 15.2. The molecule has 1 N–H and O–H groups in total. The standard InChI is InChI=1S/C20H26N2O2S/c1-14-18(16-4-6-17(24-3)7-5-16)12-19(25-14)20(23)22-10-8-15(9-11-22)13-21-2/h4-7,12,15,21H,8-11,13H2,1-3H3. The highest BCUT2D eigenvalue weighted by molar-refractivity contribution is 7.14. The van der Waals surface area contributed by atoms with E-state index in [1.807, 2.05) is 42.3 Å². The molecular formula is C20H26N2O2S. The number of thiophene rings is 1. The van der Waals surface area contributed by atoms with E-state index >= 15 is 0 Å². The molecule has 5 heteroatoms. The number of hydrogen-bond donors (Lipinski definition) is 1. The third-order valence-corrected chi connectivity index (χ3v) is 5.96. The minimum atomic E-state index is 0.177. The van der Waals surface area contributed by atoms with Gasteiger partial charge in [-0.3, -0.25) is 4.79 Å². The highest BCUT2D eigenvalue weighted by Gasteiger charge is 2.25. The van der Waals surface area contributed by atoms with E-state index in [-0.39, 0.29) is 5.91 Å². The van der Waals surface area contributed by atoms with Gasteiger partial charge in [-0.15, -0.1) is 11.3 Å². The molecule has 0 radical (unpaired) electrons. The molecular weight excluding hydrogens is 332 g/mol. The lowest BCUT2D eigenvalue weighted by Gasteiger charge is -2.31. The summed E-state index contributed by atoms with van der Waals surface area (Å²) in [6, 6.07) is 10.1. The van der Waals surface area contributed by atoms with Crippen LogP contribution < -0.4 is 10.1 Å². The van der Waals surface area contributed by atoms with Gasteiger partial charge in [0.2, 0.25) is 0 Å². The van der Waals surface area contributed by atoms with Gasteiger partial charge in [-0.1, -0.05) is 12.1 Å². The Morgan fingerprint density at radius 3 is 2.56 bits per heavy atom. The average Bonchev–Trinajstić information content (AvgIpc) is 3.04. The van der Waals surface area contributed by atoms with Crippen molar-refractivity contribution in [3.63, 3.8) is 0 Å². The van der Waals surface area contributed by atoms with Crippen molar-refractivity contribution in [2.45, 2.75) is 19.8 Å². The van der Waals surface area contributed by atoms with E-state index < -0.39 is 0 Å². The number of rotatable bonds is 5. The van der Waals surface area contributed by atoms with Crippen LogP contribution in [0.25, 0.3) is 11.1 Å². The van der Waals surface area contributed by atoms with Gasteiger partial charge < -0.3 is 15.0 Å². The Balaban J connectivity index is 1.72. The smallest absolute Gasteiger partial charge is 0.263 e. The molecule has 0 spiro atoms. The molecule has 1 aliphatic heterocycles. The molecule has 0 unspecified atom stereocenters. The van der Waals surface area contributed by atoms with Crippen molar-refractivity contribution in [2.75, 3.05) is 33.8 Å². The second-order valence-corrected chi connectivity index (χ2v) is 7.86. The second kappa shape index (κ2) is 8.02. The maximum absolute atomic E-state index is 12.9. The number of piperidine rings is 1. The first-order valence-corrected chi connectivity index (χ1v) is 9.62. The topological polar surface area (TPSA) is 41.6 Å². The number of hydrogen-bond acceptors (Lipinski definition) is 4. The summed E-state index contributed by atoms with van der Waals surface area (Å²) in [5.74, 6) is 1.71. The number of aryl methyl sites for hydroxylation is 1. The van der Waals surface area contributed by atoms with Crippen LogP contribution in [0.3, 0.4) is 0 Å². The number of benzene rings is 1. The largest absolute Gasteiger partial charge is 0.497 e. The van der Waals surface area contributed by atoms with Gasteiger partial charge in [-0.25, -0.2) is 0 Å². The molecule has 134 valence electrons. The van der Waals surface area contributed by atoms with Gasteiger partial charge in [0.1, 0.15) is 5.75 Å². The van der Waals surface area contributed by atoms with Gasteiger partial charge in [0.05, 0.1) is 12.0 Å². The molecule has 25 heavy (non-hydrogen) atoms. The maximum atomic E-state index is 12.9. The molecule has 2 heterocycles. The van der Waals surface area contributed by atoms with Gasteiger partial charge >= 0.3 is 0 Å². The van der Waals surface area contributed by atoms with Crippen LogP contribution in [-0.4, -0.2) is 44.6 Å². The van der Waals surface area contributed by atoms with Crippen molar-refractivity contribution < 1.29 is 9.53 Å². The van der Waals surface area contributed by atoms with Crippen LogP contribution in [0, 0.1) is 12.8 Å². The van der Waals surface area contributed by atoms with Crippen LogP contribution in [0.2, 0.25) is 0 Å². The second-order valence-electron chi connectivity index (χ2n) is 6.60. The van der Waals surface area contributed by atoms with Gasteiger partial charge in [0.15, 0.2) is 0 Å². The summed E-state index contributed by atoms with van der Waals surface area (Å²) in [7, 11) is 3.66. The summed E-state index contributed by atoms with van der Waals surface area (Å²) in [5, 5.41) is 3.24. The summed E-state index contributed by atoms with van der Waals surface area (Å²) < 4.78 is 5.22. The Bertz CT molecular complexity index is 716. The van der Waals surface area contributed by atoms with E-state index in [9.17, 15) is 4.79 Å². The molecule has 0 atom stereocenters. The Hall–Kier alpha value is -1.85. The lowest BCUT2D eigenvalue weighted by atomic mass is 9.96. The van der Waals surface area contributed by atoms with E-state index in [0.29, 0.717) is 5.92 Å². The first-order chi connectivity index (χ1) is 12.1. The van der Waals surface area contributed by atoms with Crippen molar-refractivity contribution in [3.05, 3.63) is 40.1 Å². The van der Waals surface area contributed by atoms with Crippen molar-refractivity contribution in [1.82, 2.24) is 10.2 Å². The number of methoxy groups -OCH3 is 1. The summed E-state index contributed by atoms with van der Waals surface area (Å²) in [6.45, 7) is 4.85. The first-order valence-electron chi connectivity index (χ1n) is 8.81. The predicted molar refractivity (Wildman–Crippen MR) is 104 cm³/mol. The number of carbonyl (C=O) groups excluding carboxylic acids is 1. The number of likely N-dealkylation sites (tertiary alicyclic amines) is 1.